The molecule has 10 heteroatoms. The van der Waals surface area contributed by atoms with E-state index in [9.17, 15) is 19.5 Å². The number of thioether (sulfide) groups is 1. The number of rotatable bonds is 5. The molecule has 0 aliphatic carbocycles. The van der Waals surface area contributed by atoms with Gasteiger partial charge in [0.15, 0.2) is 5.60 Å². The predicted molar refractivity (Wildman–Crippen MR) is 85.8 cm³/mol. The van der Waals surface area contributed by atoms with E-state index in [4.69, 9.17) is 9.47 Å². The van der Waals surface area contributed by atoms with Crippen molar-refractivity contribution in [2.45, 2.75) is 31.9 Å². The van der Waals surface area contributed by atoms with Gasteiger partial charge in [-0.05, 0) is 12.3 Å². The number of fused-ring (bicyclic) bond motifs is 1. The van der Waals surface area contributed by atoms with Crippen LogP contribution in [0, 0.1) is 5.92 Å². The summed E-state index contributed by atoms with van der Waals surface area (Å²) in [5.41, 5.74) is -0.434. The molecule has 3 aliphatic heterocycles. The Labute approximate surface area is 172 Å². The van der Waals surface area contributed by atoms with Crippen molar-refractivity contribution < 1.29 is 59.9 Å². The third-order valence-corrected chi connectivity index (χ3v) is 5.47. The number of ether oxygens (including phenoxy) is 2. The molecule has 2 N–H and O–H groups in total. The van der Waals surface area contributed by atoms with Crippen molar-refractivity contribution in [3.05, 3.63) is 22.2 Å². The second-order valence-electron chi connectivity index (χ2n) is 6.18. The third-order valence-electron chi connectivity index (χ3n) is 4.55. The van der Waals surface area contributed by atoms with Crippen LogP contribution in [0.3, 0.4) is 0 Å². The molecule has 3 aliphatic rings. The fraction of sp³-hybridized carbons (Fsp3) is 0.533. The van der Waals surface area contributed by atoms with Crippen LogP contribution in [-0.2, 0) is 19.1 Å². The van der Waals surface area contributed by atoms with Crippen LogP contribution < -0.4 is 34.9 Å². The molecule has 0 radical (unpaired) electrons. The zero-order valence-corrected chi connectivity index (χ0v) is 17.1. The molecule has 132 valence electrons. The van der Waals surface area contributed by atoms with E-state index in [1.165, 1.54) is 24.9 Å². The number of cyclic esters (lactones) is 2. The van der Waals surface area contributed by atoms with E-state index >= 15 is 0 Å². The van der Waals surface area contributed by atoms with Crippen LogP contribution in [-0.4, -0.2) is 52.8 Å². The van der Waals surface area contributed by atoms with Crippen LogP contribution in [0.25, 0.3) is 0 Å². The van der Waals surface area contributed by atoms with Gasteiger partial charge < -0.3 is 26.2 Å². The van der Waals surface area contributed by atoms with Crippen LogP contribution in [0.1, 0.15) is 21.7 Å². The van der Waals surface area contributed by atoms with Gasteiger partial charge in [0.25, 0.3) is 0 Å². The molecule has 3 unspecified atom stereocenters. The Morgan fingerprint density at radius 1 is 1.52 bits per heavy atom. The first-order valence-electron chi connectivity index (χ1n) is 7.49. The number of carbonyl (C=O) groups excluding carboxylic acids is 2. The van der Waals surface area contributed by atoms with E-state index in [0.29, 0.717) is 13.0 Å². The minimum atomic E-state index is -0.976. The second kappa shape index (κ2) is 7.61. The van der Waals surface area contributed by atoms with Crippen LogP contribution in [0.2, 0.25) is 0 Å². The molecule has 3 atom stereocenters. The Bertz CT molecular complexity index is 673. The molecule has 0 aromatic carbocycles. The van der Waals surface area contributed by atoms with E-state index in [-0.39, 0.29) is 61.2 Å². The number of hydrogen-bond acceptors (Lipinski definition) is 7. The Balaban J connectivity index is 0.00000169. The molecule has 3 rings (SSSR count). The van der Waals surface area contributed by atoms with Gasteiger partial charge in [-0.2, -0.15) is 0 Å². The smallest absolute Gasteiger partial charge is 1.00 e. The van der Waals surface area contributed by atoms with Crippen molar-refractivity contribution in [3.8, 4) is 0 Å². The Kier molecular flexibility index (Phi) is 6.13. The minimum Gasteiger partial charge on any atom is -1.00 e. The zero-order chi connectivity index (χ0) is 17.5. The van der Waals surface area contributed by atoms with Gasteiger partial charge in [0, 0.05) is 43.0 Å². The number of nitrogens with zero attached hydrogens (tertiary/aromatic N) is 1. The van der Waals surface area contributed by atoms with E-state index in [1.54, 1.807) is 5.41 Å². The monoisotopic (exact) mass is 378 g/mol. The van der Waals surface area contributed by atoms with Gasteiger partial charge in [0.2, 0.25) is 5.91 Å². The molecule has 2 saturated heterocycles. The topological polar surface area (TPSA) is 105 Å². The van der Waals surface area contributed by atoms with Crippen LogP contribution in [0.5, 0.6) is 0 Å². The van der Waals surface area contributed by atoms with Gasteiger partial charge in [-0.25, -0.2) is 9.59 Å². The zero-order valence-electron chi connectivity index (χ0n) is 15.3. The first-order valence-corrected chi connectivity index (χ1v) is 8.37. The molecule has 25 heavy (non-hydrogen) atoms. The van der Waals surface area contributed by atoms with Crippen molar-refractivity contribution in [2.75, 3.05) is 13.2 Å². The summed E-state index contributed by atoms with van der Waals surface area (Å²) in [5, 5.41) is 13.7. The summed E-state index contributed by atoms with van der Waals surface area (Å²) in [6.07, 6.45) is 1.38. The maximum atomic E-state index is 11.6. The van der Waals surface area contributed by atoms with Crippen LogP contribution in [0.4, 0.5) is 4.79 Å². The molecule has 0 bridgehead atoms. The van der Waals surface area contributed by atoms with Crippen LogP contribution in [0.15, 0.2) is 22.2 Å². The summed E-state index contributed by atoms with van der Waals surface area (Å²) in [6, 6.07) is -0.0210. The molecular formula is C15H19N2NaO6S. The predicted octanol–water partition coefficient (Wildman–Crippen LogP) is -1.63. The molecule has 0 saturated carbocycles. The number of carboxylic acid groups (broad SMARTS) is 1. The first kappa shape index (κ1) is 20.2. The molecular weight excluding hydrogens is 359 g/mol. The van der Waals surface area contributed by atoms with E-state index in [0.717, 1.165) is 4.91 Å². The normalized spacial score (nSPS) is 30.3. The molecule has 0 aromatic rings. The van der Waals surface area contributed by atoms with Gasteiger partial charge in [0.1, 0.15) is 12.3 Å². The summed E-state index contributed by atoms with van der Waals surface area (Å²) in [6.45, 7) is 3.92. The first-order chi connectivity index (χ1) is 11.3. The summed E-state index contributed by atoms with van der Waals surface area (Å²) >= 11 is 1.28. The Hall–Kier alpha value is -1.16. The molecule has 0 aromatic heterocycles. The van der Waals surface area contributed by atoms with Gasteiger partial charge in [0.05, 0.1) is 0 Å². The molecule has 8 nitrogen and oxygen atoms in total. The molecule has 1 amide bonds. The SMILES string of the molecule is CC(=O)NC=CSC1=C(C(=O)O)N2CC(C3(C)COC(=O)O3)C2C1.[H-].[Na+]. The quantitative estimate of drug-likeness (QED) is 0.434. The maximum Gasteiger partial charge on any atom is 1.00 e. The third kappa shape index (κ3) is 3.84. The van der Waals surface area contributed by atoms with Crippen molar-refractivity contribution in [1.29, 1.82) is 0 Å². The van der Waals surface area contributed by atoms with E-state index in [2.05, 4.69) is 5.32 Å². The number of amides is 1. The average molecular weight is 378 g/mol. The maximum absolute atomic E-state index is 11.6. The fourth-order valence-electron chi connectivity index (χ4n) is 3.35. The van der Waals surface area contributed by atoms with Crippen molar-refractivity contribution >= 4 is 29.8 Å². The molecule has 3 heterocycles. The number of carboxylic acids is 1. The number of carbonyl (C=O) groups is 3. The molecule has 2 fully saturated rings. The summed E-state index contributed by atoms with van der Waals surface area (Å²) in [5.74, 6) is -1.14. The number of nitrogens with one attached hydrogen (secondary N) is 1. The fourth-order valence-corrected chi connectivity index (χ4v) is 4.24. The summed E-state index contributed by atoms with van der Waals surface area (Å²) in [4.78, 5) is 36.2. The van der Waals surface area contributed by atoms with Crippen molar-refractivity contribution in [2.24, 2.45) is 5.92 Å². The molecule has 0 spiro atoms. The Morgan fingerprint density at radius 3 is 2.80 bits per heavy atom. The van der Waals surface area contributed by atoms with E-state index < -0.39 is 17.7 Å². The minimum absolute atomic E-state index is 0. The van der Waals surface area contributed by atoms with Crippen LogP contribution >= 0.6 is 11.8 Å². The van der Waals surface area contributed by atoms with Gasteiger partial charge in [-0.3, -0.25) is 4.79 Å². The van der Waals surface area contributed by atoms with E-state index in [1.807, 2.05) is 11.8 Å². The van der Waals surface area contributed by atoms with Gasteiger partial charge in [-0.1, -0.05) is 11.8 Å². The average Bonchev–Trinajstić information content (AvgIpc) is 2.94. The second-order valence-corrected chi connectivity index (χ2v) is 7.18. The Morgan fingerprint density at radius 2 is 2.24 bits per heavy atom. The van der Waals surface area contributed by atoms with Gasteiger partial charge in [-0.15, -0.1) is 0 Å². The number of hydrogen-bond donors (Lipinski definition) is 2. The standard InChI is InChI=1S/C15H18N2O6S.Na.H/c1-8(18)16-3-4-24-11-5-10-9(6-17(10)12(11)13(19)20)15(2)7-22-14(21)23-15;;/h3-4,9-10H,5-7H2,1-2H3,(H,16,18)(H,19,20);;/q;+1;-1. The number of aliphatic carboxylic acids is 1. The van der Waals surface area contributed by atoms with Gasteiger partial charge >= 0.3 is 41.7 Å². The summed E-state index contributed by atoms with van der Waals surface area (Å²) in [7, 11) is 0. The largest absolute Gasteiger partial charge is 1.00 e. The van der Waals surface area contributed by atoms with Crippen molar-refractivity contribution in [3.63, 3.8) is 0 Å². The van der Waals surface area contributed by atoms with Crippen molar-refractivity contribution in [1.82, 2.24) is 10.2 Å². The summed E-state index contributed by atoms with van der Waals surface area (Å²) < 4.78 is 10.2.